The Hall–Kier alpha value is -3.55. The summed E-state index contributed by atoms with van der Waals surface area (Å²) in [5, 5.41) is 2.12. The van der Waals surface area contributed by atoms with Crippen LogP contribution in [-0.4, -0.2) is 43.3 Å². The third-order valence-electron chi connectivity index (χ3n) is 4.42. The lowest BCUT2D eigenvalue weighted by Crippen LogP contribution is -2.25. The van der Waals surface area contributed by atoms with E-state index in [4.69, 9.17) is 13.9 Å². The molecule has 144 valence electrons. The van der Waals surface area contributed by atoms with Crippen molar-refractivity contribution >= 4 is 29.1 Å². The van der Waals surface area contributed by atoms with Crippen LogP contribution in [0.15, 0.2) is 52.9 Å². The Morgan fingerprint density at radius 2 is 1.93 bits per heavy atom. The summed E-state index contributed by atoms with van der Waals surface area (Å²) in [5.41, 5.74) is 2.45. The van der Waals surface area contributed by atoms with Gasteiger partial charge in [0.1, 0.15) is 17.9 Å². The topological polar surface area (TPSA) is 93.9 Å². The summed E-state index contributed by atoms with van der Waals surface area (Å²) in [4.78, 5) is 28.9. The maximum atomic E-state index is 11.5. The fourth-order valence-electron chi connectivity index (χ4n) is 2.88. The second kappa shape index (κ2) is 7.59. The summed E-state index contributed by atoms with van der Waals surface area (Å²) in [7, 11) is 1.89. The van der Waals surface area contributed by atoms with Crippen LogP contribution in [0, 0.1) is 0 Å². The number of hydrogen-bond donors (Lipinski definition) is 1. The minimum absolute atomic E-state index is 0.332. The molecular formula is C20H19N3O5. The monoisotopic (exact) mass is 381 g/mol. The molecule has 2 heterocycles. The van der Waals surface area contributed by atoms with E-state index >= 15 is 0 Å². The molecule has 28 heavy (non-hydrogen) atoms. The summed E-state index contributed by atoms with van der Waals surface area (Å²) >= 11 is 0. The predicted octanol–water partition coefficient (Wildman–Crippen LogP) is 2.52. The second-order valence-corrected chi connectivity index (χ2v) is 6.47. The summed E-state index contributed by atoms with van der Waals surface area (Å²) in [5.74, 6) is 0.301. The summed E-state index contributed by atoms with van der Waals surface area (Å²) < 4.78 is 16.4. The average Bonchev–Trinajstić information content (AvgIpc) is 3.26. The molecule has 2 aromatic carbocycles. The highest BCUT2D eigenvalue weighted by Gasteiger charge is 2.31. The van der Waals surface area contributed by atoms with Crippen molar-refractivity contribution in [3.8, 4) is 5.75 Å². The number of carbonyl (C=O) groups excluding carboxylic acids is 2. The molecule has 3 aromatic rings. The van der Waals surface area contributed by atoms with Crippen molar-refractivity contribution in [1.29, 1.82) is 0 Å². The van der Waals surface area contributed by atoms with Gasteiger partial charge in [-0.15, -0.1) is 0 Å². The molecule has 1 unspecified atom stereocenters. The van der Waals surface area contributed by atoms with E-state index in [1.54, 1.807) is 0 Å². The van der Waals surface area contributed by atoms with Crippen molar-refractivity contribution in [3.63, 3.8) is 0 Å². The molecule has 4 rings (SSSR count). The number of benzene rings is 2. The SMILES string of the molecule is CN(CCOc1ccc(CC2OC(=O)NC2=O)cc1)c1nc2ccccc2o1. The highest BCUT2D eigenvalue weighted by Crippen LogP contribution is 2.21. The Labute approximate surface area is 161 Å². The molecule has 1 aliphatic rings. The summed E-state index contributed by atoms with van der Waals surface area (Å²) in [6.07, 6.45) is -1.14. The molecule has 0 bridgehead atoms. The standard InChI is InChI=1S/C20H19N3O5/c1-23(19-21-15-4-2-3-5-16(15)27-19)10-11-26-14-8-6-13(7-9-14)12-17-18(24)22-20(25)28-17/h2-9,17H,10-12H2,1H3,(H,22,24,25). The van der Waals surface area contributed by atoms with Gasteiger partial charge >= 0.3 is 6.09 Å². The number of cyclic esters (lactones) is 1. The molecule has 0 saturated carbocycles. The molecule has 2 amide bonds. The van der Waals surface area contributed by atoms with E-state index in [0.29, 0.717) is 31.3 Å². The van der Waals surface area contributed by atoms with Gasteiger partial charge in [-0.3, -0.25) is 10.1 Å². The number of fused-ring (bicyclic) bond motifs is 1. The van der Waals surface area contributed by atoms with Crippen LogP contribution >= 0.6 is 0 Å². The van der Waals surface area contributed by atoms with Gasteiger partial charge in [-0.1, -0.05) is 24.3 Å². The lowest BCUT2D eigenvalue weighted by Gasteiger charge is -2.15. The van der Waals surface area contributed by atoms with Crippen LogP contribution in [-0.2, 0) is 16.0 Å². The lowest BCUT2D eigenvalue weighted by atomic mass is 10.1. The smallest absolute Gasteiger partial charge is 0.414 e. The Morgan fingerprint density at radius 1 is 1.14 bits per heavy atom. The van der Waals surface area contributed by atoms with E-state index in [1.165, 1.54) is 0 Å². The molecule has 0 spiro atoms. The van der Waals surface area contributed by atoms with Gasteiger partial charge < -0.3 is 18.8 Å². The zero-order valence-electron chi connectivity index (χ0n) is 15.3. The van der Waals surface area contributed by atoms with Crippen LogP contribution in [0.3, 0.4) is 0 Å². The number of likely N-dealkylation sites (N-methyl/N-ethyl adjacent to an activating group) is 1. The number of carbonyl (C=O) groups is 2. The van der Waals surface area contributed by atoms with Crippen molar-refractivity contribution in [1.82, 2.24) is 10.3 Å². The van der Waals surface area contributed by atoms with Crippen LogP contribution in [0.1, 0.15) is 5.56 Å². The first-order valence-electron chi connectivity index (χ1n) is 8.88. The van der Waals surface area contributed by atoms with Crippen molar-refractivity contribution in [2.24, 2.45) is 0 Å². The first-order chi connectivity index (χ1) is 13.6. The minimum Gasteiger partial charge on any atom is -0.492 e. The molecule has 1 aliphatic heterocycles. The van der Waals surface area contributed by atoms with Crippen molar-refractivity contribution in [3.05, 3.63) is 54.1 Å². The Kier molecular flexibility index (Phi) is 4.84. The first kappa shape index (κ1) is 17.8. The highest BCUT2D eigenvalue weighted by atomic mass is 16.6. The number of nitrogens with one attached hydrogen (secondary N) is 1. The maximum absolute atomic E-state index is 11.5. The quantitative estimate of drug-likeness (QED) is 0.672. The van der Waals surface area contributed by atoms with E-state index in [-0.39, 0.29) is 0 Å². The van der Waals surface area contributed by atoms with Gasteiger partial charge in [0.05, 0.1) is 6.54 Å². The molecule has 1 atom stereocenters. The Balaban J connectivity index is 1.27. The third-order valence-corrected chi connectivity index (χ3v) is 4.42. The normalized spacial score (nSPS) is 16.1. The highest BCUT2D eigenvalue weighted by molar-refractivity contribution is 6.00. The molecule has 8 heteroatoms. The van der Waals surface area contributed by atoms with Crippen LogP contribution in [0.25, 0.3) is 11.1 Å². The number of oxazole rings is 1. The number of alkyl carbamates (subject to hydrolysis) is 1. The van der Waals surface area contributed by atoms with Crippen LogP contribution < -0.4 is 15.0 Å². The number of ether oxygens (including phenoxy) is 2. The van der Waals surface area contributed by atoms with Crippen LogP contribution in [0.4, 0.5) is 10.8 Å². The largest absolute Gasteiger partial charge is 0.492 e. The third kappa shape index (κ3) is 3.90. The van der Waals surface area contributed by atoms with Crippen molar-refractivity contribution in [2.75, 3.05) is 25.1 Å². The fraction of sp³-hybridized carbons (Fsp3) is 0.250. The molecule has 1 aromatic heterocycles. The van der Waals surface area contributed by atoms with Gasteiger partial charge in [0.25, 0.3) is 11.9 Å². The van der Waals surface area contributed by atoms with Gasteiger partial charge in [-0.2, -0.15) is 4.98 Å². The summed E-state index contributed by atoms with van der Waals surface area (Å²) in [6.45, 7) is 1.06. The van der Waals surface area contributed by atoms with Gasteiger partial charge in [-0.25, -0.2) is 4.79 Å². The van der Waals surface area contributed by atoms with Crippen molar-refractivity contribution in [2.45, 2.75) is 12.5 Å². The number of amides is 2. The zero-order chi connectivity index (χ0) is 19.5. The van der Waals surface area contributed by atoms with Crippen LogP contribution in [0.2, 0.25) is 0 Å². The van der Waals surface area contributed by atoms with Gasteiger partial charge in [-0.05, 0) is 29.8 Å². The zero-order valence-corrected chi connectivity index (χ0v) is 15.3. The number of anilines is 1. The summed E-state index contributed by atoms with van der Waals surface area (Å²) in [6, 6.07) is 15.5. The van der Waals surface area contributed by atoms with Crippen LogP contribution in [0.5, 0.6) is 5.75 Å². The van der Waals surface area contributed by atoms with E-state index in [1.807, 2.05) is 60.5 Å². The fourth-order valence-corrected chi connectivity index (χ4v) is 2.88. The number of para-hydroxylation sites is 2. The average molecular weight is 381 g/mol. The predicted molar refractivity (Wildman–Crippen MR) is 101 cm³/mol. The van der Waals surface area contributed by atoms with E-state index < -0.39 is 18.1 Å². The number of imide groups is 1. The number of aromatic nitrogens is 1. The molecule has 0 radical (unpaired) electrons. The van der Waals surface area contributed by atoms with Crippen molar-refractivity contribution < 1.29 is 23.5 Å². The molecule has 1 fully saturated rings. The lowest BCUT2D eigenvalue weighted by molar-refractivity contribution is -0.123. The van der Waals surface area contributed by atoms with Gasteiger partial charge in [0, 0.05) is 13.5 Å². The Bertz CT molecular complexity index is 966. The van der Waals surface area contributed by atoms with Gasteiger partial charge in [0.2, 0.25) is 0 Å². The van der Waals surface area contributed by atoms with Gasteiger partial charge in [0.15, 0.2) is 11.7 Å². The molecule has 0 aliphatic carbocycles. The second-order valence-electron chi connectivity index (χ2n) is 6.47. The van der Waals surface area contributed by atoms with E-state index in [2.05, 4.69) is 10.3 Å². The molecule has 1 N–H and O–H groups in total. The number of rotatable bonds is 7. The first-order valence-corrected chi connectivity index (χ1v) is 8.88. The Morgan fingerprint density at radius 3 is 2.64 bits per heavy atom. The number of nitrogens with zero attached hydrogens (tertiary/aromatic N) is 2. The number of hydrogen-bond acceptors (Lipinski definition) is 7. The molecule has 8 nitrogen and oxygen atoms in total. The maximum Gasteiger partial charge on any atom is 0.414 e. The molecule has 1 saturated heterocycles. The van der Waals surface area contributed by atoms with E-state index in [0.717, 1.165) is 16.7 Å². The van der Waals surface area contributed by atoms with E-state index in [9.17, 15) is 9.59 Å². The minimum atomic E-state index is -0.774. The molecular weight excluding hydrogens is 362 g/mol.